The van der Waals surface area contributed by atoms with E-state index in [9.17, 15) is 14.4 Å². The molecule has 0 saturated carbocycles. The summed E-state index contributed by atoms with van der Waals surface area (Å²) < 4.78 is 5.55. The van der Waals surface area contributed by atoms with Gasteiger partial charge in [0.1, 0.15) is 6.04 Å². The van der Waals surface area contributed by atoms with E-state index in [-0.39, 0.29) is 18.2 Å². The molecule has 178 valence electrons. The summed E-state index contributed by atoms with van der Waals surface area (Å²) in [6, 6.07) is 15.5. The number of amides is 3. The maximum atomic E-state index is 13.1. The first-order valence-corrected chi connectivity index (χ1v) is 12.8. The zero-order valence-corrected chi connectivity index (χ0v) is 20.0. The Kier molecular flexibility index (Phi) is 5.70. The number of benzene rings is 2. The second-order valence-electron chi connectivity index (χ2n) is 9.25. The Balaban J connectivity index is 1.35. The summed E-state index contributed by atoms with van der Waals surface area (Å²) in [6.45, 7) is 1.88. The molecule has 1 atom stereocenters. The predicted molar refractivity (Wildman–Crippen MR) is 132 cm³/mol. The summed E-state index contributed by atoms with van der Waals surface area (Å²) >= 11 is 1.74. The first-order chi connectivity index (χ1) is 17.1. The van der Waals surface area contributed by atoms with Crippen LogP contribution in [0.5, 0.6) is 0 Å². The highest BCUT2D eigenvalue weighted by Crippen LogP contribution is 2.42. The molecule has 8 heteroatoms. The van der Waals surface area contributed by atoms with Gasteiger partial charge in [0, 0.05) is 43.2 Å². The molecule has 1 unspecified atom stereocenters. The first-order valence-electron chi connectivity index (χ1n) is 12.0. The van der Waals surface area contributed by atoms with Crippen molar-refractivity contribution in [3.05, 3.63) is 64.7 Å². The van der Waals surface area contributed by atoms with Gasteiger partial charge in [-0.05, 0) is 42.5 Å². The number of carbonyl (C=O) groups is 3. The van der Waals surface area contributed by atoms with Crippen LogP contribution in [0.2, 0.25) is 0 Å². The van der Waals surface area contributed by atoms with Crippen LogP contribution in [0.1, 0.15) is 52.5 Å². The zero-order chi connectivity index (χ0) is 23.9. The Bertz CT molecular complexity index is 1310. The number of nitrogens with zero attached hydrogens (tertiary/aromatic N) is 2. The molecule has 35 heavy (non-hydrogen) atoms. The standard InChI is InChI=1S/C27H25N3O4S/c31-22-9-8-21(25(32)28-22)30-15-19-14-18(6-7-20(19)27(30)33)23-24(16-4-2-1-3-5-16)35-26(29-23)17-10-12-34-13-11-17/h1-7,14,17,21H,8-13,15H2,(H,28,31,32). The van der Waals surface area contributed by atoms with Crippen molar-refractivity contribution in [3.8, 4) is 21.7 Å². The van der Waals surface area contributed by atoms with Crippen LogP contribution < -0.4 is 5.32 Å². The zero-order valence-electron chi connectivity index (χ0n) is 19.2. The molecule has 4 heterocycles. The predicted octanol–water partition coefficient (Wildman–Crippen LogP) is 4.13. The number of piperidine rings is 1. The minimum absolute atomic E-state index is 0.162. The van der Waals surface area contributed by atoms with E-state index in [1.807, 2.05) is 36.4 Å². The maximum absolute atomic E-state index is 13.1. The number of hydrogen-bond acceptors (Lipinski definition) is 6. The van der Waals surface area contributed by atoms with Gasteiger partial charge in [-0.3, -0.25) is 19.7 Å². The Labute approximate surface area is 207 Å². The third-order valence-electron chi connectivity index (χ3n) is 7.05. The lowest BCUT2D eigenvalue weighted by Gasteiger charge is -2.29. The van der Waals surface area contributed by atoms with Gasteiger partial charge in [-0.1, -0.05) is 36.4 Å². The van der Waals surface area contributed by atoms with Gasteiger partial charge in [0.05, 0.1) is 15.6 Å². The lowest BCUT2D eigenvalue weighted by Crippen LogP contribution is -2.52. The Morgan fingerprint density at radius 1 is 0.971 bits per heavy atom. The van der Waals surface area contributed by atoms with Gasteiger partial charge in [0.2, 0.25) is 11.8 Å². The van der Waals surface area contributed by atoms with E-state index in [4.69, 9.17) is 9.72 Å². The number of carbonyl (C=O) groups excluding carboxylic acids is 3. The van der Waals surface area contributed by atoms with Gasteiger partial charge in [0.25, 0.3) is 5.91 Å². The van der Waals surface area contributed by atoms with Crippen molar-refractivity contribution in [1.82, 2.24) is 15.2 Å². The van der Waals surface area contributed by atoms with Crippen LogP contribution in [-0.4, -0.2) is 46.9 Å². The van der Waals surface area contributed by atoms with Gasteiger partial charge >= 0.3 is 0 Å². The van der Waals surface area contributed by atoms with E-state index in [2.05, 4.69) is 17.4 Å². The molecule has 2 saturated heterocycles. The Morgan fingerprint density at radius 2 is 1.77 bits per heavy atom. The van der Waals surface area contributed by atoms with Crippen LogP contribution in [0.15, 0.2) is 48.5 Å². The summed E-state index contributed by atoms with van der Waals surface area (Å²) in [6.07, 6.45) is 2.55. The van der Waals surface area contributed by atoms with E-state index >= 15 is 0 Å². The lowest BCUT2D eigenvalue weighted by molar-refractivity contribution is -0.136. The number of hydrogen-bond donors (Lipinski definition) is 1. The average molecular weight is 488 g/mol. The SMILES string of the molecule is O=C1CCC(N2Cc3cc(-c4nc(C5CCOCC5)sc4-c4ccccc4)ccc3C2=O)C(=O)N1. The van der Waals surface area contributed by atoms with Crippen LogP contribution >= 0.6 is 11.3 Å². The molecule has 0 spiro atoms. The molecule has 3 aliphatic heterocycles. The molecular formula is C27H25N3O4S. The van der Waals surface area contributed by atoms with Gasteiger partial charge < -0.3 is 9.64 Å². The monoisotopic (exact) mass is 487 g/mol. The van der Waals surface area contributed by atoms with E-state index < -0.39 is 11.9 Å². The fraction of sp³-hybridized carbons (Fsp3) is 0.333. The van der Waals surface area contributed by atoms with Crippen molar-refractivity contribution in [2.24, 2.45) is 0 Å². The van der Waals surface area contributed by atoms with Gasteiger partial charge in [0.15, 0.2) is 0 Å². The van der Waals surface area contributed by atoms with Gasteiger partial charge in [-0.2, -0.15) is 0 Å². The van der Waals surface area contributed by atoms with Crippen molar-refractivity contribution in [2.45, 2.75) is 44.2 Å². The highest BCUT2D eigenvalue weighted by atomic mass is 32.1. The molecule has 0 radical (unpaired) electrons. The van der Waals surface area contributed by atoms with E-state index in [1.54, 1.807) is 16.2 Å². The summed E-state index contributed by atoms with van der Waals surface area (Å²) in [5.74, 6) is -0.445. The number of thiazole rings is 1. The van der Waals surface area contributed by atoms with Crippen LogP contribution in [0.25, 0.3) is 21.7 Å². The van der Waals surface area contributed by atoms with E-state index in [0.717, 1.165) is 58.3 Å². The summed E-state index contributed by atoms with van der Waals surface area (Å²) in [5, 5.41) is 3.49. The smallest absolute Gasteiger partial charge is 0.255 e. The number of imide groups is 1. The average Bonchev–Trinajstić information content (AvgIpc) is 3.47. The molecule has 2 fully saturated rings. The van der Waals surface area contributed by atoms with Crippen molar-refractivity contribution < 1.29 is 19.1 Å². The molecular weight excluding hydrogens is 462 g/mol. The lowest BCUT2D eigenvalue weighted by atomic mass is 10.00. The van der Waals surface area contributed by atoms with Crippen molar-refractivity contribution in [2.75, 3.05) is 13.2 Å². The maximum Gasteiger partial charge on any atom is 0.255 e. The molecule has 1 N–H and O–H groups in total. The minimum atomic E-state index is -0.615. The normalized spacial score (nSPS) is 20.7. The number of ether oxygens (including phenoxy) is 1. The largest absolute Gasteiger partial charge is 0.381 e. The molecule has 0 aliphatic carbocycles. The second kappa shape index (κ2) is 9.02. The minimum Gasteiger partial charge on any atom is -0.381 e. The molecule has 3 amide bonds. The molecule has 7 nitrogen and oxygen atoms in total. The second-order valence-corrected chi connectivity index (χ2v) is 10.3. The summed E-state index contributed by atoms with van der Waals surface area (Å²) in [5.41, 5.74) is 4.52. The van der Waals surface area contributed by atoms with Gasteiger partial charge in [-0.25, -0.2) is 4.98 Å². The Hall–Kier alpha value is -3.36. The fourth-order valence-corrected chi connectivity index (χ4v) is 6.42. The molecule has 2 aromatic carbocycles. The van der Waals surface area contributed by atoms with Crippen LogP contribution in [0.3, 0.4) is 0 Å². The molecule has 0 bridgehead atoms. The number of aromatic nitrogens is 1. The first kappa shape index (κ1) is 22.1. The summed E-state index contributed by atoms with van der Waals surface area (Å²) in [4.78, 5) is 44.9. The quantitative estimate of drug-likeness (QED) is 0.559. The number of nitrogens with one attached hydrogen (secondary N) is 1. The highest BCUT2D eigenvalue weighted by molar-refractivity contribution is 7.15. The van der Waals surface area contributed by atoms with Crippen LogP contribution in [-0.2, 0) is 20.9 Å². The Morgan fingerprint density at radius 3 is 2.54 bits per heavy atom. The summed E-state index contributed by atoms with van der Waals surface area (Å²) in [7, 11) is 0. The molecule has 6 rings (SSSR count). The van der Waals surface area contributed by atoms with E-state index in [1.165, 1.54) is 0 Å². The molecule has 3 aromatic rings. The highest BCUT2D eigenvalue weighted by Gasteiger charge is 2.39. The number of rotatable bonds is 4. The topological polar surface area (TPSA) is 88.6 Å². The van der Waals surface area contributed by atoms with Crippen molar-refractivity contribution in [1.29, 1.82) is 0 Å². The van der Waals surface area contributed by atoms with Gasteiger partial charge in [-0.15, -0.1) is 11.3 Å². The van der Waals surface area contributed by atoms with E-state index in [0.29, 0.717) is 24.4 Å². The third-order valence-corrected chi connectivity index (χ3v) is 8.31. The van der Waals surface area contributed by atoms with Crippen LogP contribution in [0, 0.1) is 0 Å². The van der Waals surface area contributed by atoms with Crippen molar-refractivity contribution in [3.63, 3.8) is 0 Å². The van der Waals surface area contributed by atoms with Crippen LogP contribution in [0.4, 0.5) is 0 Å². The fourth-order valence-electron chi connectivity index (χ4n) is 5.16. The molecule has 1 aromatic heterocycles. The third kappa shape index (κ3) is 4.06. The van der Waals surface area contributed by atoms with Crippen molar-refractivity contribution >= 4 is 29.1 Å². The number of fused-ring (bicyclic) bond motifs is 1. The molecule has 3 aliphatic rings.